The highest BCUT2D eigenvalue weighted by molar-refractivity contribution is 5.63. The molecular weight excluding hydrogens is 261 g/mol. The van der Waals surface area contributed by atoms with Crippen molar-refractivity contribution in [1.82, 2.24) is 10.1 Å². The van der Waals surface area contributed by atoms with Crippen LogP contribution in [-0.2, 0) is 0 Å². The maximum absolute atomic E-state index is 13.8. The maximum atomic E-state index is 13.8. The zero-order chi connectivity index (χ0) is 13.9. The SMILES string of the molecule is Oc1cccc(F)c1-c1nc(N2CCCCCC2)no1. The standard InChI is InChI=1S/C14H16FN3O2/c15-10-6-5-7-11(19)12(10)13-16-14(17-20-13)18-8-3-1-2-4-9-18/h5-7,19H,1-4,8-9H2. The van der Waals surface area contributed by atoms with Crippen LogP contribution in [0.25, 0.3) is 11.5 Å². The van der Waals surface area contributed by atoms with Crippen LogP contribution in [-0.4, -0.2) is 28.3 Å². The van der Waals surface area contributed by atoms with E-state index >= 15 is 0 Å². The first-order chi connectivity index (χ1) is 9.75. The molecule has 0 radical (unpaired) electrons. The molecule has 0 bridgehead atoms. The first-order valence-corrected chi connectivity index (χ1v) is 6.82. The molecule has 1 aliphatic rings. The van der Waals surface area contributed by atoms with Crippen LogP contribution in [0.3, 0.4) is 0 Å². The van der Waals surface area contributed by atoms with E-state index in [1.165, 1.54) is 31.0 Å². The monoisotopic (exact) mass is 277 g/mol. The summed E-state index contributed by atoms with van der Waals surface area (Å²) in [4.78, 5) is 6.26. The van der Waals surface area contributed by atoms with Crippen molar-refractivity contribution in [3.8, 4) is 17.2 Å². The fourth-order valence-electron chi connectivity index (χ4n) is 2.44. The molecule has 0 spiro atoms. The zero-order valence-corrected chi connectivity index (χ0v) is 11.0. The summed E-state index contributed by atoms with van der Waals surface area (Å²) in [7, 11) is 0. The minimum atomic E-state index is -0.573. The molecule has 0 unspecified atom stereocenters. The van der Waals surface area contributed by atoms with Gasteiger partial charge in [0.05, 0.1) is 0 Å². The number of halogens is 1. The molecular formula is C14H16FN3O2. The second-order valence-electron chi connectivity index (χ2n) is 4.93. The Morgan fingerprint density at radius 2 is 1.90 bits per heavy atom. The lowest BCUT2D eigenvalue weighted by atomic mass is 10.2. The Hall–Kier alpha value is -2.11. The highest BCUT2D eigenvalue weighted by Crippen LogP contribution is 2.31. The number of hydrogen-bond donors (Lipinski definition) is 1. The third kappa shape index (κ3) is 2.45. The van der Waals surface area contributed by atoms with Crippen LogP contribution in [0.4, 0.5) is 10.3 Å². The van der Waals surface area contributed by atoms with E-state index in [1.54, 1.807) is 0 Å². The van der Waals surface area contributed by atoms with Gasteiger partial charge in [0.2, 0.25) is 0 Å². The van der Waals surface area contributed by atoms with E-state index < -0.39 is 5.82 Å². The van der Waals surface area contributed by atoms with E-state index in [2.05, 4.69) is 10.1 Å². The summed E-state index contributed by atoms with van der Waals surface area (Å²) < 4.78 is 18.9. The normalized spacial score (nSPS) is 16.1. The quantitative estimate of drug-likeness (QED) is 0.914. The van der Waals surface area contributed by atoms with E-state index in [0.29, 0.717) is 5.95 Å². The Bertz CT molecular complexity index is 572. The zero-order valence-electron chi connectivity index (χ0n) is 11.0. The van der Waals surface area contributed by atoms with Gasteiger partial charge in [-0.2, -0.15) is 4.98 Å². The molecule has 6 heteroatoms. The molecule has 0 saturated carbocycles. The summed E-state index contributed by atoms with van der Waals surface area (Å²) in [5.41, 5.74) is -0.0407. The number of phenolic OH excluding ortho intramolecular Hbond substituents is 1. The second-order valence-corrected chi connectivity index (χ2v) is 4.93. The molecule has 1 aliphatic heterocycles. The number of benzene rings is 1. The highest BCUT2D eigenvalue weighted by Gasteiger charge is 2.20. The van der Waals surface area contributed by atoms with Gasteiger partial charge in [0.15, 0.2) is 0 Å². The van der Waals surface area contributed by atoms with Crippen molar-refractivity contribution >= 4 is 5.95 Å². The van der Waals surface area contributed by atoms with Crippen LogP contribution >= 0.6 is 0 Å². The molecule has 2 aromatic rings. The Labute approximate surface area is 116 Å². The van der Waals surface area contributed by atoms with Gasteiger partial charge in [0, 0.05) is 13.1 Å². The van der Waals surface area contributed by atoms with Gasteiger partial charge < -0.3 is 14.5 Å². The number of rotatable bonds is 2. The molecule has 1 saturated heterocycles. The molecule has 3 rings (SSSR count). The first kappa shape index (κ1) is 12.9. The Kier molecular flexibility index (Phi) is 3.54. The largest absolute Gasteiger partial charge is 0.507 e. The minimum Gasteiger partial charge on any atom is -0.507 e. The lowest BCUT2D eigenvalue weighted by Crippen LogP contribution is -2.24. The Balaban J connectivity index is 1.90. The number of aromatic hydroxyl groups is 1. The number of hydrogen-bond acceptors (Lipinski definition) is 5. The number of phenols is 1. The Morgan fingerprint density at radius 1 is 1.15 bits per heavy atom. The van der Waals surface area contributed by atoms with Gasteiger partial charge in [-0.15, -0.1) is 0 Å². The van der Waals surface area contributed by atoms with Crippen molar-refractivity contribution in [2.24, 2.45) is 0 Å². The van der Waals surface area contributed by atoms with Crippen LogP contribution in [0, 0.1) is 5.82 Å². The summed E-state index contributed by atoms with van der Waals surface area (Å²) in [5.74, 6) is -0.295. The minimum absolute atomic E-state index is 0.0137. The van der Waals surface area contributed by atoms with Crippen molar-refractivity contribution < 1.29 is 14.0 Å². The third-order valence-electron chi connectivity index (χ3n) is 3.51. The van der Waals surface area contributed by atoms with Crippen LogP contribution in [0.2, 0.25) is 0 Å². The smallest absolute Gasteiger partial charge is 0.266 e. The molecule has 1 aromatic heterocycles. The van der Waals surface area contributed by atoms with E-state index in [9.17, 15) is 9.50 Å². The lowest BCUT2D eigenvalue weighted by Gasteiger charge is -2.16. The van der Waals surface area contributed by atoms with E-state index in [0.717, 1.165) is 25.9 Å². The predicted octanol–water partition coefficient (Wildman–Crippen LogP) is 2.96. The van der Waals surface area contributed by atoms with Crippen LogP contribution in [0.1, 0.15) is 25.7 Å². The van der Waals surface area contributed by atoms with Crippen LogP contribution in [0.15, 0.2) is 22.7 Å². The fraction of sp³-hybridized carbons (Fsp3) is 0.429. The van der Waals surface area contributed by atoms with Crippen LogP contribution in [0.5, 0.6) is 5.75 Å². The molecule has 5 nitrogen and oxygen atoms in total. The van der Waals surface area contributed by atoms with Gasteiger partial charge in [-0.3, -0.25) is 0 Å². The summed E-state index contributed by atoms with van der Waals surface area (Å²) >= 11 is 0. The van der Waals surface area contributed by atoms with E-state index in [-0.39, 0.29) is 17.2 Å². The van der Waals surface area contributed by atoms with Crippen molar-refractivity contribution in [3.05, 3.63) is 24.0 Å². The molecule has 1 N–H and O–H groups in total. The topological polar surface area (TPSA) is 62.4 Å². The van der Waals surface area contributed by atoms with Gasteiger partial charge in [-0.25, -0.2) is 4.39 Å². The van der Waals surface area contributed by atoms with Crippen molar-refractivity contribution in [2.75, 3.05) is 18.0 Å². The molecule has 0 amide bonds. The molecule has 0 aliphatic carbocycles. The number of nitrogens with zero attached hydrogens (tertiary/aromatic N) is 3. The van der Waals surface area contributed by atoms with Gasteiger partial charge in [0.1, 0.15) is 17.1 Å². The van der Waals surface area contributed by atoms with Gasteiger partial charge in [-0.1, -0.05) is 18.9 Å². The number of anilines is 1. The molecule has 106 valence electrons. The van der Waals surface area contributed by atoms with E-state index in [1.807, 2.05) is 4.90 Å². The van der Waals surface area contributed by atoms with E-state index in [4.69, 9.17) is 4.52 Å². The maximum Gasteiger partial charge on any atom is 0.266 e. The van der Waals surface area contributed by atoms with Gasteiger partial charge in [-0.05, 0) is 30.1 Å². The second kappa shape index (κ2) is 5.48. The average Bonchev–Trinajstić information content (AvgIpc) is 2.74. The highest BCUT2D eigenvalue weighted by atomic mass is 19.1. The Morgan fingerprint density at radius 3 is 2.60 bits per heavy atom. The van der Waals surface area contributed by atoms with Crippen molar-refractivity contribution in [2.45, 2.75) is 25.7 Å². The molecule has 0 atom stereocenters. The van der Waals surface area contributed by atoms with Crippen molar-refractivity contribution in [3.63, 3.8) is 0 Å². The predicted molar refractivity (Wildman–Crippen MR) is 72.0 cm³/mol. The average molecular weight is 277 g/mol. The summed E-state index contributed by atoms with van der Waals surface area (Å²) in [6.45, 7) is 1.75. The molecule has 20 heavy (non-hydrogen) atoms. The van der Waals surface area contributed by atoms with Crippen molar-refractivity contribution in [1.29, 1.82) is 0 Å². The fourth-order valence-corrected chi connectivity index (χ4v) is 2.44. The third-order valence-corrected chi connectivity index (χ3v) is 3.51. The molecule has 1 aromatic carbocycles. The number of aromatic nitrogens is 2. The van der Waals surface area contributed by atoms with Gasteiger partial charge >= 0.3 is 0 Å². The van der Waals surface area contributed by atoms with Gasteiger partial charge in [0.25, 0.3) is 11.8 Å². The first-order valence-electron chi connectivity index (χ1n) is 6.82. The summed E-state index contributed by atoms with van der Waals surface area (Å²) in [6.07, 6.45) is 4.59. The summed E-state index contributed by atoms with van der Waals surface area (Å²) in [6, 6.07) is 4.08. The van der Waals surface area contributed by atoms with Crippen LogP contribution < -0.4 is 4.90 Å². The molecule has 1 fully saturated rings. The molecule has 2 heterocycles. The summed E-state index contributed by atoms with van der Waals surface area (Å²) in [5, 5.41) is 13.6. The lowest BCUT2D eigenvalue weighted by molar-refractivity contribution is 0.419.